The van der Waals surface area contributed by atoms with Crippen molar-refractivity contribution in [2.45, 2.75) is 0 Å². The summed E-state index contributed by atoms with van der Waals surface area (Å²) in [5, 5.41) is 8.29. The maximum atomic E-state index is 13.3. The predicted molar refractivity (Wildman–Crippen MR) is 68.9 cm³/mol. The number of pyridine rings is 2. The van der Waals surface area contributed by atoms with Crippen LogP contribution in [0.1, 0.15) is 0 Å². The van der Waals surface area contributed by atoms with Gasteiger partial charge in [0.05, 0.1) is 29.8 Å². The summed E-state index contributed by atoms with van der Waals surface area (Å²) < 4.78 is 13.3. The van der Waals surface area contributed by atoms with Gasteiger partial charge in [-0.1, -0.05) is 0 Å². The van der Waals surface area contributed by atoms with E-state index in [-0.39, 0.29) is 5.82 Å². The molecule has 0 bridgehead atoms. The van der Waals surface area contributed by atoms with Crippen molar-refractivity contribution in [3.63, 3.8) is 0 Å². The Balaban J connectivity index is 2.06. The fraction of sp³-hybridized carbons (Fsp3) is 0. The monoisotopic (exact) mass is 253 g/mol. The van der Waals surface area contributed by atoms with Crippen molar-refractivity contribution in [1.82, 2.24) is 25.1 Å². The molecule has 0 aliphatic carbocycles. The molecule has 0 saturated carbocycles. The fourth-order valence-electron chi connectivity index (χ4n) is 2.20. The number of aromatic amines is 2. The molecule has 6 heteroatoms. The minimum absolute atomic E-state index is 0.352. The fourth-order valence-corrected chi connectivity index (χ4v) is 2.20. The lowest BCUT2D eigenvalue weighted by molar-refractivity contribution is 0.624. The van der Waals surface area contributed by atoms with Gasteiger partial charge in [0, 0.05) is 22.5 Å². The highest BCUT2D eigenvalue weighted by Gasteiger charge is 2.09. The van der Waals surface area contributed by atoms with Gasteiger partial charge in [0.1, 0.15) is 11.5 Å². The summed E-state index contributed by atoms with van der Waals surface area (Å²) in [6.45, 7) is 0. The molecule has 2 N–H and O–H groups in total. The van der Waals surface area contributed by atoms with Gasteiger partial charge in [-0.3, -0.25) is 10.1 Å². The predicted octanol–water partition coefficient (Wildman–Crippen LogP) is 2.64. The number of aromatic nitrogens is 5. The lowest BCUT2D eigenvalue weighted by Gasteiger charge is -1.96. The molecule has 0 amide bonds. The van der Waals surface area contributed by atoms with Crippen molar-refractivity contribution in [3.8, 4) is 11.3 Å². The minimum Gasteiger partial charge on any atom is -0.338 e. The molecule has 0 aromatic carbocycles. The second kappa shape index (κ2) is 3.61. The van der Waals surface area contributed by atoms with Crippen LogP contribution in [0.15, 0.2) is 36.9 Å². The molecule has 0 aliphatic heterocycles. The highest BCUT2D eigenvalue weighted by atomic mass is 19.1. The molecule has 0 spiro atoms. The van der Waals surface area contributed by atoms with E-state index in [1.54, 1.807) is 18.6 Å². The van der Waals surface area contributed by atoms with Crippen LogP contribution in [0.4, 0.5) is 4.39 Å². The number of nitrogens with zero attached hydrogens (tertiary/aromatic N) is 3. The number of rotatable bonds is 1. The summed E-state index contributed by atoms with van der Waals surface area (Å²) in [4.78, 5) is 11.5. The van der Waals surface area contributed by atoms with E-state index in [9.17, 15) is 4.39 Å². The summed E-state index contributed by atoms with van der Waals surface area (Å²) in [5.41, 5.74) is 3.16. The van der Waals surface area contributed by atoms with Gasteiger partial charge in [0.25, 0.3) is 0 Å². The van der Waals surface area contributed by atoms with Crippen molar-refractivity contribution in [2.75, 3.05) is 0 Å². The number of nitrogens with one attached hydrogen (secondary N) is 2. The second-order valence-electron chi connectivity index (χ2n) is 4.28. The van der Waals surface area contributed by atoms with Crippen molar-refractivity contribution in [3.05, 3.63) is 42.7 Å². The molecule has 4 aromatic rings. The zero-order valence-corrected chi connectivity index (χ0v) is 9.68. The Labute approximate surface area is 106 Å². The summed E-state index contributed by atoms with van der Waals surface area (Å²) in [6, 6.07) is 3.38. The second-order valence-corrected chi connectivity index (χ2v) is 4.28. The normalized spacial score (nSPS) is 11.4. The molecular weight excluding hydrogens is 245 g/mol. The number of H-pyrrole nitrogens is 2. The van der Waals surface area contributed by atoms with E-state index in [0.717, 1.165) is 27.5 Å². The van der Waals surface area contributed by atoms with Crippen LogP contribution in [-0.4, -0.2) is 25.1 Å². The quantitative estimate of drug-likeness (QED) is 0.548. The highest BCUT2D eigenvalue weighted by molar-refractivity contribution is 6.06. The third kappa shape index (κ3) is 1.50. The molecule has 4 heterocycles. The van der Waals surface area contributed by atoms with E-state index in [0.29, 0.717) is 5.65 Å². The van der Waals surface area contributed by atoms with E-state index in [1.807, 2.05) is 6.07 Å². The van der Waals surface area contributed by atoms with E-state index < -0.39 is 0 Å². The summed E-state index contributed by atoms with van der Waals surface area (Å²) in [5.74, 6) is -0.352. The molecule has 4 aromatic heterocycles. The van der Waals surface area contributed by atoms with Gasteiger partial charge in [0.15, 0.2) is 0 Å². The first-order chi connectivity index (χ1) is 9.31. The summed E-state index contributed by atoms with van der Waals surface area (Å²) in [7, 11) is 0. The number of halogens is 1. The maximum Gasteiger partial charge on any atom is 0.142 e. The molecular formula is C13H8FN5. The molecule has 0 fully saturated rings. The van der Waals surface area contributed by atoms with Gasteiger partial charge in [-0.2, -0.15) is 5.10 Å². The van der Waals surface area contributed by atoms with Crippen LogP contribution in [0.25, 0.3) is 33.2 Å². The Bertz CT molecular complexity index is 879. The van der Waals surface area contributed by atoms with Crippen molar-refractivity contribution in [2.24, 2.45) is 0 Å². The van der Waals surface area contributed by atoms with Gasteiger partial charge in [0.2, 0.25) is 0 Å². The number of hydrogen-bond donors (Lipinski definition) is 2. The SMILES string of the molecule is Fc1cnc2[nH]c3cnc(-c4cn[nH]c4)cc3c2c1. The van der Waals surface area contributed by atoms with E-state index in [2.05, 4.69) is 25.1 Å². The highest BCUT2D eigenvalue weighted by Crippen LogP contribution is 2.27. The Kier molecular flexibility index (Phi) is 1.94. The Morgan fingerprint density at radius 1 is 1.00 bits per heavy atom. The Morgan fingerprint density at radius 2 is 1.95 bits per heavy atom. The summed E-state index contributed by atoms with van der Waals surface area (Å²) >= 11 is 0. The van der Waals surface area contributed by atoms with E-state index >= 15 is 0 Å². The molecule has 92 valence electrons. The van der Waals surface area contributed by atoms with Crippen LogP contribution in [0.5, 0.6) is 0 Å². The molecule has 4 rings (SSSR count). The van der Waals surface area contributed by atoms with Gasteiger partial charge < -0.3 is 4.98 Å². The van der Waals surface area contributed by atoms with Crippen LogP contribution < -0.4 is 0 Å². The molecule has 19 heavy (non-hydrogen) atoms. The standard InChI is InChI=1S/C13H8FN5/c14-8-1-10-9-2-11(7-3-17-18-4-7)15-6-12(9)19-13(10)16-5-8/h1-6H,(H,16,19)(H,17,18). The molecule has 0 saturated heterocycles. The average Bonchev–Trinajstić information content (AvgIpc) is 3.05. The van der Waals surface area contributed by atoms with Gasteiger partial charge in [-0.05, 0) is 12.1 Å². The lowest BCUT2D eigenvalue weighted by atomic mass is 10.1. The maximum absolute atomic E-state index is 13.3. The average molecular weight is 253 g/mol. The molecule has 0 radical (unpaired) electrons. The third-order valence-corrected chi connectivity index (χ3v) is 3.10. The van der Waals surface area contributed by atoms with Crippen molar-refractivity contribution in [1.29, 1.82) is 0 Å². The van der Waals surface area contributed by atoms with Gasteiger partial charge >= 0.3 is 0 Å². The van der Waals surface area contributed by atoms with E-state index in [4.69, 9.17) is 0 Å². The first-order valence-corrected chi connectivity index (χ1v) is 5.73. The minimum atomic E-state index is -0.352. The van der Waals surface area contributed by atoms with Crippen molar-refractivity contribution >= 4 is 21.9 Å². The van der Waals surface area contributed by atoms with Gasteiger partial charge in [-0.25, -0.2) is 9.37 Å². The zero-order valence-electron chi connectivity index (χ0n) is 9.68. The Morgan fingerprint density at radius 3 is 2.79 bits per heavy atom. The van der Waals surface area contributed by atoms with Crippen LogP contribution in [-0.2, 0) is 0 Å². The van der Waals surface area contributed by atoms with Crippen LogP contribution >= 0.6 is 0 Å². The van der Waals surface area contributed by atoms with Crippen LogP contribution in [0.3, 0.4) is 0 Å². The molecule has 0 atom stereocenters. The van der Waals surface area contributed by atoms with Gasteiger partial charge in [-0.15, -0.1) is 0 Å². The van der Waals surface area contributed by atoms with Crippen LogP contribution in [0, 0.1) is 5.82 Å². The molecule has 5 nitrogen and oxygen atoms in total. The molecule has 0 aliphatic rings. The van der Waals surface area contributed by atoms with Crippen LogP contribution in [0.2, 0.25) is 0 Å². The van der Waals surface area contributed by atoms with Crippen molar-refractivity contribution < 1.29 is 4.39 Å². The largest absolute Gasteiger partial charge is 0.338 e. The number of hydrogen-bond acceptors (Lipinski definition) is 3. The molecule has 0 unspecified atom stereocenters. The summed E-state index contributed by atoms with van der Waals surface area (Å²) in [6.07, 6.45) is 6.38. The number of fused-ring (bicyclic) bond motifs is 3. The Hall–Kier alpha value is -2.76. The topological polar surface area (TPSA) is 70.2 Å². The first kappa shape index (κ1) is 10.2. The smallest absolute Gasteiger partial charge is 0.142 e. The van der Waals surface area contributed by atoms with E-state index in [1.165, 1.54) is 12.3 Å². The lowest BCUT2D eigenvalue weighted by Crippen LogP contribution is -1.81. The zero-order chi connectivity index (χ0) is 12.8. The third-order valence-electron chi connectivity index (χ3n) is 3.10. The first-order valence-electron chi connectivity index (χ1n) is 5.73.